The maximum atomic E-state index is 12.9. The second kappa shape index (κ2) is 7.19. The van der Waals surface area contributed by atoms with Gasteiger partial charge in [0.2, 0.25) is 0 Å². The Morgan fingerprint density at radius 1 is 1.14 bits per heavy atom. The minimum absolute atomic E-state index is 0.105. The van der Waals surface area contributed by atoms with Gasteiger partial charge in [0, 0.05) is 22.6 Å². The molecular formula is C19H25NOS. The lowest BCUT2D eigenvalue weighted by atomic mass is 10.1. The molecule has 0 bridgehead atoms. The second-order valence-electron chi connectivity index (χ2n) is 6.21. The van der Waals surface area contributed by atoms with Gasteiger partial charge in [-0.15, -0.1) is 11.8 Å². The summed E-state index contributed by atoms with van der Waals surface area (Å²) in [5.74, 6) is 0.154. The fourth-order valence-corrected chi connectivity index (χ4v) is 3.95. The molecule has 0 radical (unpaired) electrons. The molecule has 0 saturated heterocycles. The van der Waals surface area contributed by atoms with Gasteiger partial charge in [-0.05, 0) is 46.2 Å². The highest BCUT2D eigenvalue weighted by Gasteiger charge is 2.29. The SMILES string of the molecule is Cc1ccccc1SC1C=CC=C1C(=O)N(C(C)C)C(C)C. The molecule has 1 atom stereocenters. The third-order valence-electron chi connectivity index (χ3n) is 3.81. The van der Waals surface area contributed by atoms with Crippen LogP contribution in [-0.2, 0) is 4.79 Å². The summed E-state index contributed by atoms with van der Waals surface area (Å²) in [4.78, 5) is 16.1. The van der Waals surface area contributed by atoms with Crippen LogP contribution in [0.15, 0.2) is 53.0 Å². The van der Waals surface area contributed by atoms with E-state index in [1.807, 2.05) is 29.2 Å². The van der Waals surface area contributed by atoms with E-state index in [-0.39, 0.29) is 23.2 Å². The first-order valence-electron chi connectivity index (χ1n) is 7.85. The molecule has 1 aromatic carbocycles. The molecule has 22 heavy (non-hydrogen) atoms. The van der Waals surface area contributed by atoms with Crippen LogP contribution in [0.5, 0.6) is 0 Å². The molecule has 0 saturated carbocycles. The number of benzene rings is 1. The highest BCUT2D eigenvalue weighted by Crippen LogP contribution is 2.34. The number of nitrogens with zero attached hydrogens (tertiary/aromatic N) is 1. The van der Waals surface area contributed by atoms with E-state index in [2.05, 4.69) is 52.8 Å². The Morgan fingerprint density at radius 2 is 1.77 bits per heavy atom. The number of thioether (sulfide) groups is 1. The summed E-state index contributed by atoms with van der Waals surface area (Å²) in [5.41, 5.74) is 2.14. The Kier molecular flexibility index (Phi) is 5.52. The van der Waals surface area contributed by atoms with Crippen molar-refractivity contribution < 1.29 is 4.79 Å². The minimum Gasteiger partial charge on any atom is -0.334 e. The number of hydrogen-bond acceptors (Lipinski definition) is 2. The first kappa shape index (κ1) is 16.9. The number of allylic oxidation sites excluding steroid dienone is 2. The molecule has 0 aromatic heterocycles. The number of aryl methyl sites for hydroxylation is 1. The van der Waals surface area contributed by atoms with Gasteiger partial charge >= 0.3 is 0 Å². The molecule has 1 aliphatic carbocycles. The molecule has 0 spiro atoms. The highest BCUT2D eigenvalue weighted by molar-refractivity contribution is 8.00. The van der Waals surface area contributed by atoms with Crippen molar-refractivity contribution in [3.63, 3.8) is 0 Å². The van der Waals surface area contributed by atoms with Crippen molar-refractivity contribution in [3.05, 3.63) is 53.6 Å². The van der Waals surface area contributed by atoms with Crippen LogP contribution in [0.2, 0.25) is 0 Å². The lowest BCUT2D eigenvalue weighted by Crippen LogP contribution is -2.43. The van der Waals surface area contributed by atoms with Crippen LogP contribution in [0.1, 0.15) is 33.3 Å². The van der Waals surface area contributed by atoms with E-state index in [4.69, 9.17) is 0 Å². The number of carbonyl (C=O) groups excluding carboxylic acids is 1. The molecule has 1 aromatic rings. The molecule has 0 fully saturated rings. The fourth-order valence-electron chi connectivity index (χ4n) is 2.79. The largest absolute Gasteiger partial charge is 0.334 e. The van der Waals surface area contributed by atoms with Crippen molar-refractivity contribution >= 4 is 17.7 Å². The molecule has 2 rings (SSSR count). The fraction of sp³-hybridized carbons (Fsp3) is 0.421. The van der Waals surface area contributed by atoms with Crippen molar-refractivity contribution in [3.8, 4) is 0 Å². The van der Waals surface area contributed by atoms with E-state index in [0.29, 0.717) is 0 Å². The number of rotatable bonds is 5. The maximum absolute atomic E-state index is 12.9. The molecular weight excluding hydrogens is 290 g/mol. The topological polar surface area (TPSA) is 20.3 Å². The second-order valence-corrected chi connectivity index (χ2v) is 7.39. The van der Waals surface area contributed by atoms with Crippen LogP contribution in [0.3, 0.4) is 0 Å². The average Bonchev–Trinajstić information content (AvgIpc) is 2.88. The molecule has 0 N–H and O–H groups in total. The Morgan fingerprint density at radius 3 is 2.36 bits per heavy atom. The van der Waals surface area contributed by atoms with Crippen LogP contribution in [-0.4, -0.2) is 28.1 Å². The van der Waals surface area contributed by atoms with Gasteiger partial charge in [0.05, 0.1) is 5.25 Å². The van der Waals surface area contributed by atoms with E-state index in [9.17, 15) is 4.79 Å². The van der Waals surface area contributed by atoms with Crippen molar-refractivity contribution in [2.75, 3.05) is 0 Å². The van der Waals surface area contributed by atoms with E-state index >= 15 is 0 Å². The molecule has 2 nitrogen and oxygen atoms in total. The molecule has 1 unspecified atom stereocenters. The Labute approximate surface area is 138 Å². The molecule has 118 valence electrons. The van der Waals surface area contributed by atoms with Gasteiger partial charge in [-0.2, -0.15) is 0 Å². The summed E-state index contributed by atoms with van der Waals surface area (Å²) < 4.78 is 0. The summed E-state index contributed by atoms with van der Waals surface area (Å²) >= 11 is 1.75. The summed E-state index contributed by atoms with van der Waals surface area (Å²) in [6.07, 6.45) is 6.08. The first-order chi connectivity index (χ1) is 10.4. The van der Waals surface area contributed by atoms with Gasteiger partial charge in [-0.1, -0.05) is 36.4 Å². The van der Waals surface area contributed by atoms with Crippen LogP contribution in [0, 0.1) is 6.92 Å². The third-order valence-corrected chi connectivity index (χ3v) is 5.19. The van der Waals surface area contributed by atoms with Crippen molar-refractivity contribution in [1.29, 1.82) is 0 Å². The van der Waals surface area contributed by atoms with Crippen LogP contribution < -0.4 is 0 Å². The van der Waals surface area contributed by atoms with Crippen LogP contribution in [0.25, 0.3) is 0 Å². The van der Waals surface area contributed by atoms with Crippen molar-refractivity contribution in [1.82, 2.24) is 4.90 Å². The predicted molar refractivity (Wildman–Crippen MR) is 95.2 cm³/mol. The average molecular weight is 315 g/mol. The van der Waals surface area contributed by atoms with Gasteiger partial charge in [-0.3, -0.25) is 4.79 Å². The molecule has 1 aliphatic rings. The quantitative estimate of drug-likeness (QED) is 0.791. The van der Waals surface area contributed by atoms with Gasteiger partial charge in [0.15, 0.2) is 0 Å². The minimum atomic E-state index is 0.105. The highest BCUT2D eigenvalue weighted by atomic mass is 32.2. The normalized spacial score (nSPS) is 17.2. The summed E-state index contributed by atoms with van der Waals surface area (Å²) in [7, 11) is 0. The van der Waals surface area contributed by atoms with Crippen LogP contribution in [0.4, 0.5) is 0 Å². The van der Waals surface area contributed by atoms with E-state index < -0.39 is 0 Å². The number of carbonyl (C=O) groups is 1. The maximum Gasteiger partial charge on any atom is 0.251 e. The predicted octanol–water partition coefficient (Wildman–Crippen LogP) is 4.60. The van der Waals surface area contributed by atoms with Gasteiger partial charge < -0.3 is 4.90 Å². The summed E-state index contributed by atoms with van der Waals surface area (Å²) in [6, 6.07) is 8.74. The van der Waals surface area contributed by atoms with E-state index in [1.54, 1.807) is 11.8 Å². The number of hydrogen-bond donors (Lipinski definition) is 0. The number of amides is 1. The standard InChI is InChI=1S/C19H25NOS/c1-13(2)20(14(3)4)19(21)16-10-8-12-18(16)22-17-11-7-6-9-15(17)5/h6-14,18H,1-5H3. The van der Waals surface area contributed by atoms with Crippen molar-refractivity contribution in [2.24, 2.45) is 0 Å². The Balaban J connectivity index is 2.18. The molecule has 3 heteroatoms. The smallest absolute Gasteiger partial charge is 0.251 e. The van der Waals surface area contributed by atoms with E-state index in [1.165, 1.54) is 10.5 Å². The molecule has 0 aliphatic heterocycles. The third kappa shape index (κ3) is 3.64. The Hall–Kier alpha value is -1.48. The van der Waals surface area contributed by atoms with Gasteiger partial charge in [-0.25, -0.2) is 0 Å². The molecule has 1 amide bonds. The zero-order valence-corrected chi connectivity index (χ0v) is 14.9. The summed E-state index contributed by atoms with van der Waals surface area (Å²) in [6.45, 7) is 10.4. The van der Waals surface area contributed by atoms with Gasteiger partial charge in [0.1, 0.15) is 0 Å². The Bertz CT molecular complexity index is 593. The lowest BCUT2D eigenvalue weighted by Gasteiger charge is -2.32. The van der Waals surface area contributed by atoms with E-state index in [0.717, 1.165) is 5.57 Å². The van der Waals surface area contributed by atoms with Gasteiger partial charge in [0.25, 0.3) is 5.91 Å². The van der Waals surface area contributed by atoms with Crippen LogP contribution >= 0.6 is 11.8 Å². The molecule has 0 heterocycles. The first-order valence-corrected chi connectivity index (χ1v) is 8.73. The summed E-state index contributed by atoms with van der Waals surface area (Å²) in [5, 5.41) is 0.105. The van der Waals surface area contributed by atoms with Crippen molar-refractivity contribution in [2.45, 2.75) is 56.8 Å². The zero-order chi connectivity index (χ0) is 16.3. The zero-order valence-electron chi connectivity index (χ0n) is 14.0. The lowest BCUT2D eigenvalue weighted by molar-refractivity contribution is -0.130. The monoisotopic (exact) mass is 315 g/mol.